The fraction of sp³-hybridized carbons (Fsp3) is 1.00. The molecule has 0 aromatic rings. The van der Waals surface area contributed by atoms with Crippen molar-refractivity contribution in [2.24, 2.45) is 0 Å². The SMILES string of the molecule is CCCCN(CCCC)CCCCO[Si](C)(OC)OC. The highest BCUT2D eigenvalue weighted by Crippen LogP contribution is 2.08. The second kappa shape index (κ2) is 12.8. The zero-order valence-electron chi connectivity index (χ0n) is 14.2. The second-order valence-corrected chi connectivity index (χ2v) is 8.20. The molecule has 0 unspecified atom stereocenters. The minimum absolute atomic E-state index is 0.736. The van der Waals surface area contributed by atoms with Crippen molar-refractivity contribution in [1.82, 2.24) is 4.90 Å². The molecule has 4 nitrogen and oxygen atoms in total. The van der Waals surface area contributed by atoms with Crippen molar-refractivity contribution in [2.45, 2.75) is 58.9 Å². The number of unbranched alkanes of at least 4 members (excludes halogenated alkanes) is 3. The van der Waals surface area contributed by atoms with Gasteiger partial charge in [-0.05, 0) is 45.3 Å². The zero-order valence-corrected chi connectivity index (χ0v) is 15.2. The summed E-state index contributed by atoms with van der Waals surface area (Å²) in [7, 11) is 0.989. The van der Waals surface area contributed by atoms with Crippen molar-refractivity contribution in [3.8, 4) is 0 Å². The van der Waals surface area contributed by atoms with E-state index in [1.54, 1.807) is 14.2 Å². The van der Waals surface area contributed by atoms with Crippen LogP contribution >= 0.6 is 0 Å². The van der Waals surface area contributed by atoms with E-state index in [-0.39, 0.29) is 0 Å². The van der Waals surface area contributed by atoms with Gasteiger partial charge in [-0.15, -0.1) is 0 Å². The molecule has 0 rings (SSSR count). The molecule has 5 heteroatoms. The summed E-state index contributed by atoms with van der Waals surface area (Å²) in [4.78, 5) is 2.59. The molecule has 0 aliphatic heterocycles. The molecule has 0 saturated heterocycles. The Morgan fingerprint density at radius 2 is 1.30 bits per heavy atom. The predicted octanol–water partition coefficient (Wildman–Crippen LogP) is 3.55. The number of hydrogen-bond donors (Lipinski definition) is 0. The van der Waals surface area contributed by atoms with Gasteiger partial charge in [-0.3, -0.25) is 0 Å². The van der Waals surface area contributed by atoms with Gasteiger partial charge in [0.1, 0.15) is 0 Å². The third kappa shape index (κ3) is 9.88. The Labute approximate surface area is 127 Å². The first kappa shape index (κ1) is 20.1. The molecule has 0 aromatic carbocycles. The quantitative estimate of drug-likeness (QED) is 0.363. The third-order valence-electron chi connectivity index (χ3n) is 3.63. The van der Waals surface area contributed by atoms with Crippen molar-refractivity contribution < 1.29 is 13.3 Å². The lowest BCUT2D eigenvalue weighted by Crippen LogP contribution is -2.40. The molecule has 122 valence electrons. The summed E-state index contributed by atoms with van der Waals surface area (Å²) >= 11 is 0. The van der Waals surface area contributed by atoms with Crippen LogP contribution in [0.25, 0.3) is 0 Å². The molecule has 0 spiro atoms. The highest BCUT2D eigenvalue weighted by Gasteiger charge is 2.31. The van der Waals surface area contributed by atoms with Gasteiger partial charge < -0.3 is 18.2 Å². The Hall–Kier alpha value is 0.0569. The minimum atomic E-state index is -2.33. The van der Waals surface area contributed by atoms with E-state index in [4.69, 9.17) is 13.3 Å². The van der Waals surface area contributed by atoms with Crippen LogP contribution in [0, 0.1) is 0 Å². The first-order valence-corrected chi connectivity index (χ1v) is 10.3. The van der Waals surface area contributed by atoms with E-state index < -0.39 is 8.80 Å². The van der Waals surface area contributed by atoms with Crippen LogP contribution in [0.3, 0.4) is 0 Å². The standard InChI is InChI=1S/C15H35NO3Si/c1-6-8-12-16(13-9-7-2)14-10-11-15-19-20(5,17-3)18-4/h6-15H2,1-5H3. The summed E-state index contributed by atoms with van der Waals surface area (Å²) in [6.07, 6.45) is 7.42. The van der Waals surface area contributed by atoms with E-state index in [0.29, 0.717) is 0 Å². The van der Waals surface area contributed by atoms with Gasteiger partial charge in [0.2, 0.25) is 0 Å². The first-order chi connectivity index (χ1) is 9.61. The molecule has 20 heavy (non-hydrogen) atoms. The smallest absolute Gasteiger partial charge is 0.377 e. The maximum atomic E-state index is 5.75. The normalized spacial score (nSPS) is 12.3. The van der Waals surface area contributed by atoms with E-state index in [9.17, 15) is 0 Å². The Morgan fingerprint density at radius 1 is 0.800 bits per heavy atom. The molecule has 0 aliphatic carbocycles. The van der Waals surface area contributed by atoms with Crippen LogP contribution in [0.4, 0.5) is 0 Å². The molecule has 0 radical (unpaired) electrons. The molecule has 0 heterocycles. The molecule has 0 aliphatic rings. The minimum Gasteiger partial charge on any atom is -0.377 e. The fourth-order valence-electron chi connectivity index (χ4n) is 2.00. The lowest BCUT2D eigenvalue weighted by Gasteiger charge is -2.23. The highest BCUT2D eigenvalue weighted by atomic mass is 28.4. The monoisotopic (exact) mass is 305 g/mol. The van der Waals surface area contributed by atoms with Crippen LogP contribution < -0.4 is 0 Å². The van der Waals surface area contributed by atoms with Gasteiger partial charge in [-0.1, -0.05) is 26.7 Å². The summed E-state index contributed by atoms with van der Waals surface area (Å²) in [5.74, 6) is 0. The molecule has 0 amide bonds. The average molecular weight is 306 g/mol. The highest BCUT2D eigenvalue weighted by molar-refractivity contribution is 6.59. The summed E-state index contributed by atoms with van der Waals surface area (Å²) in [5, 5.41) is 0. The Bertz CT molecular complexity index is 205. The molecule has 0 N–H and O–H groups in total. The molecule has 0 fully saturated rings. The Balaban J connectivity index is 3.76. The number of rotatable bonds is 14. The van der Waals surface area contributed by atoms with Crippen molar-refractivity contribution in [3.05, 3.63) is 0 Å². The topological polar surface area (TPSA) is 30.9 Å². The molecule has 0 saturated carbocycles. The van der Waals surface area contributed by atoms with Crippen LogP contribution in [0.5, 0.6) is 0 Å². The summed E-state index contributed by atoms with van der Waals surface area (Å²) in [6, 6.07) is 0. The third-order valence-corrected chi connectivity index (χ3v) is 5.84. The lowest BCUT2D eigenvalue weighted by atomic mass is 10.2. The Morgan fingerprint density at radius 3 is 1.75 bits per heavy atom. The zero-order chi connectivity index (χ0) is 15.3. The summed E-state index contributed by atoms with van der Waals surface area (Å²) in [6.45, 7) is 10.8. The van der Waals surface area contributed by atoms with E-state index in [1.807, 2.05) is 6.55 Å². The van der Waals surface area contributed by atoms with E-state index in [1.165, 1.54) is 51.7 Å². The predicted molar refractivity (Wildman–Crippen MR) is 87.1 cm³/mol. The average Bonchev–Trinajstić information content (AvgIpc) is 2.48. The van der Waals surface area contributed by atoms with Crippen LogP contribution in [0.2, 0.25) is 6.55 Å². The first-order valence-electron chi connectivity index (χ1n) is 8.08. The van der Waals surface area contributed by atoms with Gasteiger partial charge in [0.25, 0.3) is 0 Å². The summed E-state index contributed by atoms with van der Waals surface area (Å²) in [5.41, 5.74) is 0. The number of nitrogens with zero attached hydrogens (tertiary/aromatic N) is 1. The van der Waals surface area contributed by atoms with Gasteiger partial charge in [-0.25, -0.2) is 0 Å². The maximum absolute atomic E-state index is 5.75. The van der Waals surface area contributed by atoms with Gasteiger partial charge in [0, 0.05) is 27.4 Å². The van der Waals surface area contributed by atoms with E-state index in [2.05, 4.69) is 18.7 Å². The van der Waals surface area contributed by atoms with Crippen molar-refractivity contribution in [2.75, 3.05) is 40.5 Å². The Kier molecular flexibility index (Phi) is 12.8. The molecule has 0 aromatic heterocycles. The maximum Gasteiger partial charge on any atom is 0.497 e. The second-order valence-electron chi connectivity index (χ2n) is 5.37. The fourth-order valence-corrected chi connectivity index (χ4v) is 2.91. The lowest BCUT2D eigenvalue weighted by molar-refractivity contribution is 0.102. The van der Waals surface area contributed by atoms with Crippen LogP contribution in [0.1, 0.15) is 52.4 Å². The molecular weight excluding hydrogens is 270 g/mol. The van der Waals surface area contributed by atoms with Gasteiger partial charge in [-0.2, -0.15) is 0 Å². The number of hydrogen-bond acceptors (Lipinski definition) is 4. The van der Waals surface area contributed by atoms with Crippen LogP contribution in [-0.4, -0.2) is 54.2 Å². The molecule has 0 atom stereocenters. The molecular formula is C15H35NO3Si. The van der Waals surface area contributed by atoms with Crippen LogP contribution in [-0.2, 0) is 13.3 Å². The van der Waals surface area contributed by atoms with Gasteiger partial charge in [0.05, 0.1) is 0 Å². The van der Waals surface area contributed by atoms with Crippen molar-refractivity contribution >= 4 is 8.80 Å². The van der Waals surface area contributed by atoms with E-state index in [0.717, 1.165) is 13.0 Å². The molecule has 0 bridgehead atoms. The van der Waals surface area contributed by atoms with Gasteiger partial charge >= 0.3 is 8.80 Å². The van der Waals surface area contributed by atoms with Crippen LogP contribution in [0.15, 0.2) is 0 Å². The van der Waals surface area contributed by atoms with Crippen molar-refractivity contribution in [1.29, 1.82) is 0 Å². The largest absolute Gasteiger partial charge is 0.497 e. The van der Waals surface area contributed by atoms with Crippen molar-refractivity contribution in [3.63, 3.8) is 0 Å². The van der Waals surface area contributed by atoms with E-state index >= 15 is 0 Å². The van der Waals surface area contributed by atoms with Gasteiger partial charge in [0.15, 0.2) is 0 Å². The summed E-state index contributed by atoms with van der Waals surface area (Å²) < 4.78 is 16.4.